The van der Waals surface area contributed by atoms with E-state index in [4.69, 9.17) is 43.9 Å². The lowest BCUT2D eigenvalue weighted by Crippen LogP contribution is -2.21. The fourth-order valence-corrected chi connectivity index (χ4v) is 7.20. The standard InChI is InChI=1S/C31H32N2O5.C10H10N2.C10H16N2.C6H8N2.C4H8/c32-29-17-18-30(28-8-4-3-7-27(28)29)33-21-23-9-13-26(14-10-23)38-31(35)24-11-15-25(16-12-24)37-20-6-2-1-5-19-36-22-34;11-9-5-6-10(12)8-4-2-1-3-7(8)9;1-3-12(4-2)10-7-5-9(11)6-8-10;7-5-1-2-6(8)4-3-5;1-4(2)3/h3-4,7-18,22,33H,1-2,5-6,19-21,32H2;1-6H,11-12H2;5-8H,3-4,11H2,1-2H3;1-4H,7-8H2;1H2,2-3H3. The monoisotopic (exact) mass is 999 g/mol. The minimum absolute atomic E-state index is 0.423. The highest BCUT2D eigenvalue weighted by Crippen LogP contribution is 2.29. The quantitative estimate of drug-likeness (QED) is 0.0112. The van der Waals surface area contributed by atoms with Gasteiger partial charge >= 0.3 is 5.97 Å². The van der Waals surface area contributed by atoms with Gasteiger partial charge in [-0.3, -0.25) is 4.79 Å². The average Bonchev–Trinajstić information content (AvgIpc) is 3.41. The number of nitrogens with two attached hydrogens (primary N) is 6. The second kappa shape index (κ2) is 31.5. The van der Waals surface area contributed by atoms with Gasteiger partial charge in [0.1, 0.15) is 11.5 Å². The van der Waals surface area contributed by atoms with Crippen molar-refractivity contribution in [3.8, 4) is 11.5 Å². The Morgan fingerprint density at radius 2 is 0.973 bits per heavy atom. The van der Waals surface area contributed by atoms with Crippen LogP contribution in [-0.4, -0.2) is 38.7 Å². The minimum atomic E-state index is -0.423. The first-order valence-electron chi connectivity index (χ1n) is 24.7. The van der Waals surface area contributed by atoms with Crippen molar-refractivity contribution in [2.45, 2.75) is 59.9 Å². The second-order valence-corrected chi connectivity index (χ2v) is 17.3. The number of ether oxygens (including phenoxy) is 3. The summed E-state index contributed by atoms with van der Waals surface area (Å²) in [6, 6.07) is 52.9. The second-order valence-electron chi connectivity index (χ2n) is 17.3. The number of anilines is 8. The van der Waals surface area contributed by atoms with E-state index in [2.05, 4.69) is 47.5 Å². The van der Waals surface area contributed by atoms with Crippen LogP contribution in [0.1, 0.15) is 69.3 Å². The number of allylic oxidation sites excluding steroid dienone is 1. The van der Waals surface area contributed by atoms with Crippen molar-refractivity contribution in [1.29, 1.82) is 0 Å². The molecule has 0 aliphatic rings. The third kappa shape index (κ3) is 20.1. The number of fused-ring (bicyclic) bond motifs is 2. The Labute approximate surface area is 437 Å². The molecular weight excluding hydrogens is 925 g/mol. The molecule has 13 N–H and O–H groups in total. The van der Waals surface area contributed by atoms with Crippen LogP contribution in [0.3, 0.4) is 0 Å². The number of carbonyl (C=O) groups excluding carboxylic acids is 2. The largest absolute Gasteiger partial charge is 0.494 e. The van der Waals surface area contributed by atoms with Crippen molar-refractivity contribution in [2.24, 2.45) is 0 Å². The van der Waals surface area contributed by atoms with Crippen LogP contribution in [0.25, 0.3) is 21.5 Å². The molecule has 0 heterocycles. The van der Waals surface area contributed by atoms with E-state index < -0.39 is 5.97 Å². The summed E-state index contributed by atoms with van der Waals surface area (Å²) >= 11 is 0. The first-order chi connectivity index (χ1) is 35.7. The van der Waals surface area contributed by atoms with Gasteiger partial charge in [-0.1, -0.05) is 66.2 Å². The number of benzene rings is 8. The van der Waals surface area contributed by atoms with Crippen LogP contribution >= 0.6 is 0 Å². The van der Waals surface area contributed by atoms with Gasteiger partial charge in [-0.15, -0.1) is 6.58 Å². The van der Waals surface area contributed by atoms with E-state index in [1.54, 1.807) is 60.7 Å². The first kappa shape index (κ1) is 57.7. The number of esters is 1. The van der Waals surface area contributed by atoms with E-state index in [1.165, 1.54) is 11.3 Å². The van der Waals surface area contributed by atoms with Crippen LogP contribution in [0.15, 0.2) is 182 Å². The molecule has 0 atom stereocenters. The highest BCUT2D eigenvalue weighted by molar-refractivity contribution is 6.01. The third-order valence-corrected chi connectivity index (χ3v) is 11.1. The molecule has 0 fully saturated rings. The van der Waals surface area contributed by atoms with E-state index in [0.29, 0.717) is 43.3 Å². The summed E-state index contributed by atoms with van der Waals surface area (Å²) in [6.07, 6.45) is 3.75. The average molecular weight is 999 g/mol. The summed E-state index contributed by atoms with van der Waals surface area (Å²) in [7, 11) is 0. The molecule has 0 saturated heterocycles. The molecule has 0 radical (unpaired) electrons. The Balaban J connectivity index is 0.000000263. The molecule has 388 valence electrons. The molecule has 0 aromatic heterocycles. The van der Waals surface area contributed by atoms with Crippen molar-refractivity contribution in [2.75, 3.05) is 70.9 Å². The molecule has 0 unspecified atom stereocenters. The van der Waals surface area contributed by atoms with E-state index in [9.17, 15) is 9.59 Å². The molecular formula is C61H74N8O5. The smallest absolute Gasteiger partial charge is 0.343 e. The van der Waals surface area contributed by atoms with Crippen molar-refractivity contribution in [1.82, 2.24) is 0 Å². The van der Waals surface area contributed by atoms with Crippen molar-refractivity contribution < 1.29 is 23.8 Å². The van der Waals surface area contributed by atoms with Crippen molar-refractivity contribution >= 4 is 79.5 Å². The Kier molecular flexibility index (Phi) is 24.6. The predicted molar refractivity (Wildman–Crippen MR) is 312 cm³/mol. The van der Waals surface area contributed by atoms with Gasteiger partial charge in [-0.2, -0.15) is 0 Å². The molecule has 0 spiro atoms. The minimum Gasteiger partial charge on any atom is -0.494 e. The molecule has 0 saturated carbocycles. The lowest BCUT2D eigenvalue weighted by atomic mass is 10.1. The maximum absolute atomic E-state index is 12.6. The van der Waals surface area contributed by atoms with Gasteiger partial charge in [-0.25, -0.2) is 4.79 Å². The fourth-order valence-electron chi connectivity index (χ4n) is 7.20. The molecule has 8 aromatic rings. The molecule has 0 bridgehead atoms. The molecule has 0 aliphatic carbocycles. The van der Waals surface area contributed by atoms with Gasteiger partial charge in [-0.05, 0) is 168 Å². The SMILES string of the molecule is C=C(C)C.CCN(CC)c1ccc(N)cc1.Nc1ccc(N)c2ccccc12.Nc1ccc(N)cc1.Nc1ccc(NCc2ccc(OC(=O)c3ccc(OCCCCCCOC=O)cc3)cc2)c2ccccc12. The number of hydrogen-bond donors (Lipinski definition) is 7. The Hall–Kier alpha value is -8.84. The van der Waals surface area contributed by atoms with Gasteiger partial charge in [0.25, 0.3) is 6.47 Å². The van der Waals surface area contributed by atoms with Crippen LogP contribution in [0, 0.1) is 0 Å². The number of carbonyl (C=O) groups is 2. The highest BCUT2D eigenvalue weighted by Gasteiger charge is 2.10. The normalized spacial score (nSPS) is 10.1. The summed E-state index contributed by atoms with van der Waals surface area (Å²) in [6.45, 7) is 16.0. The van der Waals surface area contributed by atoms with Gasteiger partial charge in [0.15, 0.2) is 0 Å². The van der Waals surface area contributed by atoms with Gasteiger partial charge in [0.2, 0.25) is 0 Å². The number of nitrogen functional groups attached to an aromatic ring is 6. The summed E-state index contributed by atoms with van der Waals surface area (Å²) in [5.74, 6) is 0.764. The lowest BCUT2D eigenvalue weighted by Gasteiger charge is -2.20. The summed E-state index contributed by atoms with van der Waals surface area (Å²) in [5.41, 5.74) is 43.5. The van der Waals surface area contributed by atoms with Crippen LogP contribution in [-0.2, 0) is 16.1 Å². The Morgan fingerprint density at radius 3 is 1.46 bits per heavy atom. The van der Waals surface area contributed by atoms with E-state index in [-0.39, 0.29) is 0 Å². The number of unbranched alkanes of at least 4 members (excludes halogenated alkanes) is 3. The third-order valence-electron chi connectivity index (χ3n) is 11.1. The topological polar surface area (TPSA) is 233 Å². The number of hydrogen-bond acceptors (Lipinski definition) is 13. The van der Waals surface area contributed by atoms with Gasteiger partial charge < -0.3 is 58.8 Å². The van der Waals surface area contributed by atoms with Gasteiger partial charge in [0, 0.05) is 86.7 Å². The maximum atomic E-state index is 12.6. The van der Waals surface area contributed by atoms with Gasteiger partial charge in [0.05, 0.1) is 18.8 Å². The van der Waals surface area contributed by atoms with Crippen LogP contribution < -0.4 is 54.1 Å². The molecule has 8 aromatic carbocycles. The lowest BCUT2D eigenvalue weighted by molar-refractivity contribution is -0.128. The molecule has 74 heavy (non-hydrogen) atoms. The number of rotatable bonds is 17. The van der Waals surface area contributed by atoms with Crippen LogP contribution in [0.2, 0.25) is 0 Å². The fraction of sp³-hybridized carbons (Fsp3) is 0.213. The molecule has 13 heteroatoms. The zero-order valence-electron chi connectivity index (χ0n) is 43.3. The summed E-state index contributed by atoms with van der Waals surface area (Å²) in [5, 5.41) is 7.61. The van der Waals surface area contributed by atoms with Crippen LogP contribution in [0.5, 0.6) is 11.5 Å². The van der Waals surface area contributed by atoms with E-state index in [1.807, 2.05) is 111 Å². The van der Waals surface area contributed by atoms with E-state index >= 15 is 0 Å². The number of nitrogens with zero attached hydrogens (tertiary/aromatic N) is 1. The Morgan fingerprint density at radius 1 is 0.541 bits per heavy atom. The maximum Gasteiger partial charge on any atom is 0.343 e. The van der Waals surface area contributed by atoms with Crippen molar-refractivity contribution in [3.05, 3.63) is 193 Å². The molecule has 0 aliphatic heterocycles. The predicted octanol–water partition coefficient (Wildman–Crippen LogP) is 12.9. The summed E-state index contributed by atoms with van der Waals surface area (Å²) < 4.78 is 15.9. The molecule has 13 nitrogen and oxygen atoms in total. The van der Waals surface area contributed by atoms with E-state index in [0.717, 1.165) is 106 Å². The first-order valence-corrected chi connectivity index (χ1v) is 24.7. The zero-order chi connectivity index (χ0) is 53.7. The highest BCUT2D eigenvalue weighted by atomic mass is 16.5. The van der Waals surface area contributed by atoms with Crippen molar-refractivity contribution in [3.63, 3.8) is 0 Å². The number of nitrogens with one attached hydrogen (secondary N) is 1. The summed E-state index contributed by atoms with van der Waals surface area (Å²) in [4.78, 5) is 24.9. The molecule has 0 amide bonds. The molecule has 8 rings (SSSR count). The Bertz CT molecular complexity index is 2860. The van der Waals surface area contributed by atoms with Crippen LogP contribution in [0.4, 0.5) is 45.5 Å². The zero-order valence-corrected chi connectivity index (χ0v) is 43.3.